The van der Waals surface area contributed by atoms with Crippen molar-refractivity contribution < 1.29 is 0 Å². The second kappa shape index (κ2) is 8.26. The SMILES string of the molecule is CCCCCCN1CC(C)(CC)NCC1C(C)CC. The summed E-state index contributed by atoms with van der Waals surface area (Å²) >= 11 is 0. The maximum atomic E-state index is 3.80. The topological polar surface area (TPSA) is 15.3 Å². The van der Waals surface area contributed by atoms with Crippen LogP contribution in [0.2, 0.25) is 0 Å². The third-order valence-electron chi connectivity index (χ3n) is 5.14. The fourth-order valence-corrected chi connectivity index (χ4v) is 3.16. The van der Waals surface area contributed by atoms with E-state index in [4.69, 9.17) is 0 Å². The van der Waals surface area contributed by atoms with E-state index in [1.165, 1.54) is 58.2 Å². The van der Waals surface area contributed by atoms with E-state index in [-0.39, 0.29) is 0 Å². The molecule has 0 radical (unpaired) electrons. The summed E-state index contributed by atoms with van der Waals surface area (Å²) < 4.78 is 0. The molecule has 2 nitrogen and oxygen atoms in total. The minimum Gasteiger partial charge on any atom is -0.309 e. The molecule has 19 heavy (non-hydrogen) atoms. The molecule has 114 valence electrons. The summed E-state index contributed by atoms with van der Waals surface area (Å²) in [4.78, 5) is 2.78. The summed E-state index contributed by atoms with van der Waals surface area (Å²) in [6.07, 6.45) is 8.03. The molecule has 0 aromatic carbocycles. The van der Waals surface area contributed by atoms with Crippen molar-refractivity contribution in [3.63, 3.8) is 0 Å². The standard InChI is InChI=1S/C17H36N2/c1-6-9-10-11-12-19-14-17(5,8-3)18-13-16(19)15(4)7-2/h15-16,18H,6-14H2,1-5H3. The number of unbranched alkanes of at least 4 members (excludes halogenated alkanes) is 3. The van der Waals surface area contributed by atoms with E-state index in [1.54, 1.807) is 0 Å². The Morgan fingerprint density at radius 3 is 2.53 bits per heavy atom. The first-order valence-electron chi connectivity index (χ1n) is 8.55. The van der Waals surface area contributed by atoms with Gasteiger partial charge in [0.15, 0.2) is 0 Å². The van der Waals surface area contributed by atoms with Crippen LogP contribution in [0.5, 0.6) is 0 Å². The average molecular weight is 268 g/mol. The first kappa shape index (κ1) is 17.0. The molecule has 3 atom stereocenters. The fourth-order valence-electron chi connectivity index (χ4n) is 3.16. The van der Waals surface area contributed by atoms with Gasteiger partial charge in [-0.1, -0.05) is 53.4 Å². The van der Waals surface area contributed by atoms with Crippen LogP contribution in [0, 0.1) is 5.92 Å². The van der Waals surface area contributed by atoms with Crippen molar-refractivity contribution in [2.24, 2.45) is 5.92 Å². The summed E-state index contributed by atoms with van der Waals surface area (Å²) in [5.74, 6) is 0.806. The first-order valence-corrected chi connectivity index (χ1v) is 8.55. The number of nitrogens with one attached hydrogen (secondary N) is 1. The van der Waals surface area contributed by atoms with E-state index < -0.39 is 0 Å². The van der Waals surface area contributed by atoms with E-state index in [2.05, 4.69) is 44.8 Å². The zero-order valence-corrected chi connectivity index (χ0v) is 14.0. The lowest BCUT2D eigenvalue weighted by Crippen LogP contribution is -2.64. The molecule has 3 unspecified atom stereocenters. The highest BCUT2D eigenvalue weighted by atomic mass is 15.3. The average Bonchev–Trinajstić information content (AvgIpc) is 2.43. The Balaban J connectivity index is 2.55. The van der Waals surface area contributed by atoms with Crippen LogP contribution in [-0.4, -0.2) is 36.1 Å². The maximum absolute atomic E-state index is 3.80. The van der Waals surface area contributed by atoms with Crippen molar-refractivity contribution in [1.29, 1.82) is 0 Å². The minimum atomic E-state index is 0.328. The van der Waals surface area contributed by atoms with E-state index >= 15 is 0 Å². The van der Waals surface area contributed by atoms with Crippen molar-refractivity contribution in [1.82, 2.24) is 10.2 Å². The zero-order chi connectivity index (χ0) is 14.3. The highest BCUT2D eigenvalue weighted by Gasteiger charge is 2.35. The molecule has 0 amide bonds. The molecule has 0 aliphatic carbocycles. The molecule has 0 saturated carbocycles. The molecular weight excluding hydrogens is 232 g/mol. The minimum absolute atomic E-state index is 0.328. The van der Waals surface area contributed by atoms with Gasteiger partial charge in [-0.2, -0.15) is 0 Å². The quantitative estimate of drug-likeness (QED) is 0.668. The summed E-state index contributed by atoms with van der Waals surface area (Å²) in [5, 5.41) is 3.80. The van der Waals surface area contributed by atoms with E-state index in [9.17, 15) is 0 Å². The second-order valence-corrected chi connectivity index (χ2v) is 6.78. The van der Waals surface area contributed by atoms with E-state index in [0.29, 0.717) is 5.54 Å². The van der Waals surface area contributed by atoms with Gasteiger partial charge in [0, 0.05) is 24.7 Å². The fraction of sp³-hybridized carbons (Fsp3) is 1.00. The Morgan fingerprint density at radius 2 is 1.95 bits per heavy atom. The van der Waals surface area contributed by atoms with Crippen LogP contribution in [0.25, 0.3) is 0 Å². The largest absolute Gasteiger partial charge is 0.309 e. The van der Waals surface area contributed by atoms with Gasteiger partial charge in [0.2, 0.25) is 0 Å². The Bertz CT molecular complexity index is 241. The second-order valence-electron chi connectivity index (χ2n) is 6.78. The molecule has 1 aliphatic heterocycles. The molecule has 0 bridgehead atoms. The molecule has 0 aromatic rings. The van der Waals surface area contributed by atoms with Gasteiger partial charge in [-0.05, 0) is 32.2 Å². The molecule has 1 heterocycles. The molecule has 2 heteroatoms. The number of hydrogen-bond acceptors (Lipinski definition) is 2. The predicted molar refractivity (Wildman–Crippen MR) is 85.7 cm³/mol. The van der Waals surface area contributed by atoms with Crippen molar-refractivity contribution >= 4 is 0 Å². The smallest absolute Gasteiger partial charge is 0.0278 e. The van der Waals surface area contributed by atoms with Gasteiger partial charge in [0.05, 0.1) is 0 Å². The van der Waals surface area contributed by atoms with Gasteiger partial charge in [0.1, 0.15) is 0 Å². The number of rotatable bonds is 8. The number of hydrogen-bond donors (Lipinski definition) is 1. The molecule has 0 aromatic heterocycles. The van der Waals surface area contributed by atoms with E-state index in [1.807, 2.05) is 0 Å². The lowest BCUT2D eigenvalue weighted by Gasteiger charge is -2.48. The normalized spacial score (nSPS) is 30.5. The Kier molecular flexibility index (Phi) is 7.38. The summed E-state index contributed by atoms with van der Waals surface area (Å²) in [6, 6.07) is 0.742. The third kappa shape index (κ3) is 5.07. The molecule has 1 saturated heterocycles. The maximum Gasteiger partial charge on any atom is 0.0278 e. The molecule has 0 spiro atoms. The van der Waals surface area contributed by atoms with Crippen LogP contribution in [-0.2, 0) is 0 Å². The third-order valence-corrected chi connectivity index (χ3v) is 5.14. The first-order chi connectivity index (χ1) is 9.06. The summed E-state index contributed by atoms with van der Waals surface area (Å²) in [6.45, 7) is 15.4. The molecule has 1 N–H and O–H groups in total. The van der Waals surface area contributed by atoms with Gasteiger partial charge >= 0.3 is 0 Å². The van der Waals surface area contributed by atoms with Crippen LogP contribution >= 0.6 is 0 Å². The Morgan fingerprint density at radius 1 is 1.21 bits per heavy atom. The van der Waals surface area contributed by atoms with Gasteiger partial charge in [-0.3, -0.25) is 4.90 Å². The van der Waals surface area contributed by atoms with Crippen LogP contribution in [0.1, 0.15) is 73.1 Å². The molecule has 1 fully saturated rings. The number of nitrogens with zero attached hydrogens (tertiary/aromatic N) is 1. The van der Waals surface area contributed by atoms with Gasteiger partial charge in [-0.15, -0.1) is 0 Å². The van der Waals surface area contributed by atoms with Crippen molar-refractivity contribution in [2.75, 3.05) is 19.6 Å². The highest BCUT2D eigenvalue weighted by molar-refractivity contribution is 4.95. The predicted octanol–water partition coefficient (Wildman–Crippen LogP) is 4.06. The lowest BCUT2D eigenvalue weighted by atomic mass is 9.88. The number of piperazine rings is 1. The molecule has 1 aliphatic rings. The summed E-state index contributed by atoms with van der Waals surface area (Å²) in [5.41, 5.74) is 0.328. The van der Waals surface area contributed by atoms with Crippen molar-refractivity contribution in [3.8, 4) is 0 Å². The highest BCUT2D eigenvalue weighted by Crippen LogP contribution is 2.24. The van der Waals surface area contributed by atoms with Crippen LogP contribution in [0.3, 0.4) is 0 Å². The van der Waals surface area contributed by atoms with Crippen molar-refractivity contribution in [3.05, 3.63) is 0 Å². The summed E-state index contributed by atoms with van der Waals surface area (Å²) in [7, 11) is 0. The Labute approximate surface area is 121 Å². The van der Waals surface area contributed by atoms with Gasteiger partial charge in [-0.25, -0.2) is 0 Å². The van der Waals surface area contributed by atoms with E-state index in [0.717, 1.165) is 12.0 Å². The van der Waals surface area contributed by atoms with Gasteiger partial charge < -0.3 is 5.32 Å². The zero-order valence-electron chi connectivity index (χ0n) is 14.0. The molecular formula is C17H36N2. The van der Waals surface area contributed by atoms with Crippen molar-refractivity contribution in [2.45, 2.75) is 84.7 Å². The van der Waals surface area contributed by atoms with Crippen LogP contribution < -0.4 is 5.32 Å². The molecule has 1 rings (SSSR count). The lowest BCUT2D eigenvalue weighted by molar-refractivity contribution is 0.0536. The van der Waals surface area contributed by atoms with Gasteiger partial charge in [0.25, 0.3) is 0 Å². The van der Waals surface area contributed by atoms with Crippen LogP contribution in [0.15, 0.2) is 0 Å². The van der Waals surface area contributed by atoms with Crippen LogP contribution in [0.4, 0.5) is 0 Å². The Hall–Kier alpha value is -0.0800. The monoisotopic (exact) mass is 268 g/mol.